The molecule has 1 saturated heterocycles. The summed E-state index contributed by atoms with van der Waals surface area (Å²) in [4.78, 5) is 47.7. The molecule has 0 saturated carbocycles. The first-order chi connectivity index (χ1) is 17.5. The van der Waals surface area contributed by atoms with Gasteiger partial charge in [0.25, 0.3) is 11.8 Å². The molecule has 1 N–H and O–H groups in total. The first-order valence-electron chi connectivity index (χ1n) is 12.5. The lowest BCUT2D eigenvalue weighted by atomic mass is 9.92. The van der Waals surface area contributed by atoms with Crippen LogP contribution in [-0.4, -0.2) is 70.4 Å². The summed E-state index contributed by atoms with van der Waals surface area (Å²) >= 11 is 0. The van der Waals surface area contributed by atoms with Crippen molar-refractivity contribution < 1.29 is 19.5 Å². The van der Waals surface area contributed by atoms with Crippen LogP contribution < -0.4 is 4.90 Å². The number of aromatic nitrogens is 1. The fraction of sp³-hybridized carbons (Fsp3) is 0.357. The smallest absolute Gasteiger partial charge is 0.303 e. The Morgan fingerprint density at radius 2 is 1.64 bits per heavy atom. The fourth-order valence-corrected chi connectivity index (χ4v) is 5.20. The number of anilines is 1. The average molecular weight is 487 g/mol. The number of aliphatic carboxylic acids is 1. The summed E-state index contributed by atoms with van der Waals surface area (Å²) in [5.41, 5.74) is 3.23. The molecule has 0 aliphatic carbocycles. The van der Waals surface area contributed by atoms with Gasteiger partial charge in [-0.15, -0.1) is 0 Å². The molecule has 2 aromatic carbocycles. The highest BCUT2D eigenvalue weighted by Gasteiger charge is 2.33. The van der Waals surface area contributed by atoms with Crippen LogP contribution in [0.4, 0.5) is 5.69 Å². The van der Waals surface area contributed by atoms with E-state index in [1.807, 2.05) is 48.7 Å². The van der Waals surface area contributed by atoms with Crippen LogP contribution in [0.5, 0.6) is 0 Å². The van der Waals surface area contributed by atoms with Crippen LogP contribution in [0.25, 0.3) is 10.8 Å². The normalized spacial score (nSPS) is 16.1. The lowest BCUT2D eigenvalue weighted by Gasteiger charge is -2.37. The number of carboxylic acids is 1. The maximum atomic E-state index is 13.3. The van der Waals surface area contributed by atoms with Crippen LogP contribution >= 0.6 is 0 Å². The number of unbranched alkanes of at least 4 members (excludes halogenated alkanes) is 2. The summed E-state index contributed by atoms with van der Waals surface area (Å²) in [5, 5.41) is 10.5. The summed E-state index contributed by atoms with van der Waals surface area (Å²) in [6.07, 6.45) is 3.72. The van der Waals surface area contributed by atoms with E-state index in [-0.39, 0.29) is 18.2 Å². The SMILES string of the molecule is O=C(O)CCCCCN1C(=O)c2cccc3c(N4CCN(Cc5ccccn5)CC4)ccc(c23)C1=O. The second-order valence-electron chi connectivity index (χ2n) is 9.41. The molecular formula is C28H30N4O4. The van der Waals surface area contributed by atoms with Gasteiger partial charge in [-0.05, 0) is 43.2 Å². The number of imide groups is 1. The first-order valence-corrected chi connectivity index (χ1v) is 12.5. The Kier molecular flexibility index (Phi) is 6.95. The topological polar surface area (TPSA) is 94.1 Å². The van der Waals surface area contributed by atoms with Gasteiger partial charge in [0.1, 0.15) is 0 Å². The molecule has 36 heavy (non-hydrogen) atoms. The van der Waals surface area contributed by atoms with E-state index in [2.05, 4.69) is 14.8 Å². The number of carboxylic acid groups (broad SMARTS) is 1. The Labute approximate surface area is 210 Å². The zero-order valence-electron chi connectivity index (χ0n) is 20.2. The van der Waals surface area contributed by atoms with Gasteiger partial charge in [0.15, 0.2) is 0 Å². The number of hydrogen-bond acceptors (Lipinski definition) is 6. The number of piperazine rings is 1. The minimum Gasteiger partial charge on any atom is -0.481 e. The van der Waals surface area contributed by atoms with Crippen molar-refractivity contribution in [2.24, 2.45) is 0 Å². The van der Waals surface area contributed by atoms with E-state index in [4.69, 9.17) is 5.11 Å². The van der Waals surface area contributed by atoms with Crippen molar-refractivity contribution in [2.45, 2.75) is 32.2 Å². The highest BCUT2D eigenvalue weighted by Crippen LogP contribution is 2.36. The molecule has 0 unspecified atom stereocenters. The van der Waals surface area contributed by atoms with Gasteiger partial charge in [-0.3, -0.25) is 29.2 Å². The van der Waals surface area contributed by atoms with Gasteiger partial charge in [-0.2, -0.15) is 0 Å². The standard InChI is InChI=1S/C28H30N4O4/c33-25(34)10-2-1-5-14-32-27(35)22-9-6-8-21-24(12-11-23(26(21)22)28(32)36)31-17-15-30(16-18-31)19-20-7-3-4-13-29-20/h3-4,6-9,11-13H,1-2,5,10,14-19H2,(H,33,34). The highest BCUT2D eigenvalue weighted by atomic mass is 16.4. The molecule has 1 fully saturated rings. The summed E-state index contributed by atoms with van der Waals surface area (Å²) in [7, 11) is 0. The maximum absolute atomic E-state index is 13.3. The second kappa shape index (κ2) is 10.5. The monoisotopic (exact) mass is 486 g/mol. The van der Waals surface area contributed by atoms with Gasteiger partial charge in [0.05, 0.1) is 5.69 Å². The number of rotatable bonds is 9. The van der Waals surface area contributed by atoms with Crippen LogP contribution in [0.3, 0.4) is 0 Å². The molecule has 0 atom stereocenters. The average Bonchev–Trinajstić information content (AvgIpc) is 2.89. The van der Waals surface area contributed by atoms with Gasteiger partial charge in [-0.25, -0.2) is 0 Å². The molecule has 2 aliphatic heterocycles. The van der Waals surface area contributed by atoms with E-state index >= 15 is 0 Å². The van der Waals surface area contributed by atoms with E-state index in [9.17, 15) is 14.4 Å². The molecule has 0 radical (unpaired) electrons. The third kappa shape index (κ3) is 4.81. The number of pyridine rings is 1. The maximum Gasteiger partial charge on any atom is 0.303 e. The van der Waals surface area contributed by atoms with Crippen molar-refractivity contribution in [3.63, 3.8) is 0 Å². The molecule has 2 aliphatic rings. The second-order valence-corrected chi connectivity index (χ2v) is 9.41. The van der Waals surface area contributed by atoms with E-state index in [0.717, 1.165) is 54.9 Å². The summed E-state index contributed by atoms with van der Waals surface area (Å²) in [5.74, 6) is -1.37. The molecule has 8 nitrogen and oxygen atoms in total. The van der Waals surface area contributed by atoms with Crippen LogP contribution in [0.2, 0.25) is 0 Å². The zero-order chi connectivity index (χ0) is 25.1. The predicted molar refractivity (Wildman–Crippen MR) is 137 cm³/mol. The first kappa shape index (κ1) is 23.9. The number of benzene rings is 2. The van der Waals surface area contributed by atoms with Crippen molar-refractivity contribution >= 4 is 34.2 Å². The molecule has 0 spiro atoms. The molecule has 3 aromatic rings. The Morgan fingerprint density at radius 3 is 2.36 bits per heavy atom. The predicted octanol–water partition coefficient (Wildman–Crippen LogP) is 3.80. The zero-order valence-corrected chi connectivity index (χ0v) is 20.2. The quantitative estimate of drug-likeness (QED) is 0.363. The molecule has 0 bridgehead atoms. The molecule has 8 heteroatoms. The molecule has 186 valence electrons. The minimum absolute atomic E-state index is 0.101. The van der Waals surface area contributed by atoms with Gasteiger partial charge in [0, 0.05) is 79.5 Å². The summed E-state index contributed by atoms with van der Waals surface area (Å²) in [6.45, 7) is 4.66. The Bertz CT molecular complexity index is 1260. The minimum atomic E-state index is -0.828. The number of carbonyl (C=O) groups is 3. The highest BCUT2D eigenvalue weighted by molar-refractivity contribution is 6.26. The Balaban J connectivity index is 1.31. The van der Waals surface area contributed by atoms with Gasteiger partial charge in [0.2, 0.25) is 0 Å². The Hall–Kier alpha value is -3.78. The summed E-state index contributed by atoms with van der Waals surface area (Å²) < 4.78 is 0. The molecule has 5 rings (SSSR count). The molecule has 3 heterocycles. The lowest BCUT2D eigenvalue weighted by Crippen LogP contribution is -2.46. The van der Waals surface area contributed by atoms with Gasteiger partial charge >= 0.3 is 5.97 Å². The van der Waals surface area contributed by atoms with Crippen molar-refractivity contribution in [1.82, 2.24) is 14.8 Å². The number of amides is 2. The van der Waals surface area contributed by atoms with E-state index in [1.54, 1.807) is 6.07 Å². The summed E-state index contributed by atoms with van der Waals surface area (Å²) in [6, 6.07) is 15.5. The molecular weight excluding hydrogens is 456 g/mol. The van der Waals surface area contributed by atoms with Gasteiger partial charge < -0.3 is 10.0 Å². The van der Waals surface area contributed by atoms with Gasteiger partial charge in [-0.1, -0.05) is 24.6 Å². The van der Waals surface area contributed by atoms with Crippen LogP contribution in [0.15, 0.2) is 54.7 Å². The van der Waals surface area contributed by atoms with E-state index < -0.39 is 5.97 Å². The third-order valence-corrected chi connectivity index (χ3v) is 7.07. The van der Waals surface area contributed by atoms with Crippen molar-refractivity contribution in [2.75, 3.05) is 37.6 Å². The van der Waals surface area contributed by atoms with Crippen LogP contribution in [-0.2, 0) is 11.3 Å². The largest absolute Gasteiger partial charge is 0.481 e. The van der Waals surface area contributed by atoms with Crippen molar-refractivity contribution in [3.8, 4) is 0 Å². The third-order valence-electron chi connectivity index (χ3n) is 7.07. The molecule has 1 aromatic heterocycles. The van der Waals surface area contributed by atoms with E-state index in [1.165, 1.54) is 4.90 Å². The lowest BCUT2D eigenvalue weighted by molar-refractivity contribution is -0.137. The Morgan fingerprint density at radius 1 is 0.861 bits per heavy atom. The van der Waals surface area contributed by atoms with Crippen molar-refractivity contribution in [3.05, 3.63) is 71.5 Å². The van der Waals surface area contributed by atoms with E-state index in [0.29, 0.717) is 36.9 Å². The van der Waals surface area contributed by atoms with Crippen LogP contribution in [0.1, 0.15) is 52.1 Å². The van der Waals surface area contributed by atoms with Crippen molar-refractivity contribution in [1.29, 1.82) is 0 Å². The number of nitrogens with zero attached hydrogens (tertiary/aromatic N) is 4. The molecule has 2 amide bonds. The number of hydrogen-bond donors (Lipinski definition) is 1. The fourth-order valence-electron chi connectivity index (χ4n) is 5.20. The number of carbonyl (C=O) groups excluding carboxylic acids is 2. The van der Waals surface area contributed by atoms with Crippen LogP contribution in [0, 0.1) is 0 Å².